The van der Waals surface area contributed by atoms with Crippen LogP contribution in [0.4, 0.5) is 8.78 Å². The summed E-state index contributed by atoms with van der Waals surface area (Å²) >= 11 is 1.37. The van der Waals surface area contributed by atoms with Crippen molar-refractivity contribution in [2.75, 3.05) is 13.1 Å². The Morgan fingerprint density at radius 3 is 2.63 bits per heavy atom. The Labute approximate surface area is 159 Å². The number of nitrogens with zero attached hydrogens (tertiary/aromatic N) is 3. The molecule has 1 saturated heterocycles. The van der Waals surface area contributed by atoms with Gasteiger partial charge >= 0.3 is 0 Å². The molecule has 1 fully saturated rings. The monoisotopic (exact) mass is 385 g/mol. The molecular formula is C20H17F2N3OS. The maximum atomic E-state index is 14.0. The SMILES string of the molecule is O=C(c1ccc(F)cc1)N1CCCC(c2nnc(-c3ccccc3F)s2)C1. The highest BCUT2D eigenvalue weighted by Gasteiger charge is 2.28. The van der Waals surface area contributed by atoms with E-state index in [0.717, 1.165) is 17.8 Å². The number of halogens is 2. The molecule has 1 atom stereocenters. The predicted octanol–water partition coefficient (Wildman–Crippen LogP) is 4.50. The fourth-order valence-corrected chi connectivity index (χ4v) is 4.28. The molecule has 4 nitrogen and oxygen atoms in total. The zero-order valence-corrected chi connectivity index (χ0v) is 15.3. The lowest BCUT2D eigenvalue weighted by atomic mass is 9.98. The minimum Gasteiger partial charge on any atom is -0.338 e. The molecule has 1 unspecified atom stereocenters. The van der Waals surface area contributed by atoms with Crippen molar-refractivity contribution in [1.82, 2.24) is 15.1 Å². The third-order valence-corrected chi connectivity index (χ3v) is 5.81. The number of carbonyl (C=O) groups is 1. The van der Waals surface area contributed by atoms with Crippen LogP contribution in [0.3, 0.4) is 0 Å². The van der Waals surface area contributed by atoms with E-state index in [-0.39, 0.29) is 23.5 Å². The molecule has 2 aromatic carbocycles. The van der Waals surface area contributed by atoms with Crippen LogP contribution < -0.4 is 0 Å². The fraction of sp³-hybridized carbons (Fsp3) is 0.250. The molecule has 4 rings (SSSR count). The molecule has 1 amide bonds. The van der Waals surface area contributed by atoms with Gasteiger partial charge in [-0.15, -0.1) is 10.2 Å². The van der Waals surface area contributed by atoms with Gasteiger partial charge in [0.25, 0.3) is 5.91 Å². The summed E-state index contributed by atoms with van der Waals surface area (Å²) in [6, 6.07) is 12.1. The number of aromatic nitrogens is 2. The van der Waals surface area contributed by atoms with Crippen LogP contribution in [0.25, 0.3) is 10.6 Å². The Morgan fingerprint density at radius 1 is 1.07 bits per heavy atom. The highest BCUT2D eigenvalue weighted by atomic mass is 32.1. The molecule has 7 heteroatoms. The average Bonchev–Trinajstić information content (AvgIpc) is 3.18. The van der Waals surface area contributed by atoms with Crippen molar-refractivity contribution in [2.45, 2.75) is 18.8 Å². The van der Waals surface area contributed by atoms with E-state index < -0.39 is 0 Å². The fourth-order valence-electron chi connectivity index (χ4n) is 3.28. The summed E-state index contributed by atoms with van der Waals surface area (Å²) in [6.45, 7) is 1.19. The summed E-state index contributed by atoms with van der Waals surface area (Å²) in [5.41, 5.74) is 0.915. The van der Waals surface area contributed by atoms with E-state index in [0.29, 0.717) is 29.2 Å². The minimum absolute atomic E-state index is 0.0705. The highest BCUT2D eigenvalue weighted by molar-refractivity contribution is 7.14. The average molecular weight is 385 g/mol. The standard InChI is InChI=1S/C20H17F2N3OS/c21-15-9-7-13(8-10-15)20(26)25-11-3-4-14(12-25)18-23-24-19(27-18)16-5-1-2-6-17(16)22/h1-2,5-10,14H,3-4,11-12H2. The lowest BCUT2D eigenvalue weighted by molar-refractivity contribution is 0.0707. The number of amides is 1. The van der Waals surface area contributed by atoms with Gasteiger partial charge in [0, 0.05) is 30.1 Å². The second kappa shape index (κ2) is 7.52. The van der Waals surface area contributed by atoms with Crippen LogP contribution in [0.2, 0.25) is 0 Å². The van der Waals surface area contributed by atoms with E-state index >= 15 is 0 Å². The predicted molar refractivity (Wildman–Crippen MR) is 99.6 cm³/mol. The second-order valence-corrected chi connectivity index (χ2v) is 7.53. The van der Waals surface area contributed by atoms with Crippen LogP contribution in [0.15, 0.2) is 48.5 Å². The van der Waals surface area contributed by atoms with Crippen molar-refractivity contribution >= 4 is 17.2 Å². The zero-order chi connectivity index (χ0) is 18.8. The van der Waals surface area contributed by atoms with E-state index in [1.54, 1.807) is 23.1 Å². The Hall–Kier alpha value is -2.67. The number of hydrogen-bond acceptors (Lipinski definition) is 4. The van der Waals surface area contributed by atoms with Gasteiger partial charge in [0.1, 0.15) is 16.6 Å². The maximum Gasteiger partial charge on any atom is 0.253 e. The molecule has 0 saturated carbocycles. The van der Waals surface area contributed by atoms with Crippen molar-refractivity contribution in [3.05, 3.63) is 70.7 Å². The first-order chi connectivity index (χ1) is 13.1. The molecular weight excluding hydrogens is 368 g/mol. The molecule has 2 heterocycles. The first kappa shape index (κ1) is 17.7. The van der Waals surface area contributed by atoms with Gasteiger partial charge in [-0.05, 0) is 49.2 Å². The number of rotatable bonds is 3. The van der Waals surface area contributed by atoms with Crippen LogP contribution in [0.1, 0.15) is 34.1 Å². The van der Waals surface area contributed by atoms with Crippen molar-refractivity contribution in [2.24, 2.45) is 0 Å². The lowest BCUT2D eigenvalue weighted by Gasteiger charge is -2.31. The van der Waals surface area contributed by atoms with Gasteiger partial charge in [-0.25, -0.2) is 8.78 Å². The van der Waals surface area contributed by atoms with Gasteiger partial charge in [0.2, 0.25) is 0 Å². The number of hydrogen-bond donors (Lipinski definition) is 0. The molecule has 0 N–H and O–H groups in total. The maximum absolute atomic E-state index is 14.0. The summed E-state index contributed by atoms with van der Waals surface area (Å²) < 4.78 is 27.1. The normalized spacial score (nSPS) is 17.1. The Balaban J connectivity index is 1.51. The molecule has 0 aliphatic carbocycles. The summed E-state index contributed by atoms with van der Waals surface area (Å²) in [4.78, 5) is 14.4. The molecule has 1 aromatic heterocycles. The van der Waals surface area contributed by atoms with E-state index in [2.05, 4.69) is 10.2 Å². The van der Waals surface area contributed by atoms with Gasteiger partial charge in [0.05, 0.1) is 0 Å². The number of carbonyl (C=O) groups excluding carboxylic acids is 1. The minimum atomic E-state index is -0.363. The highest BCUT2D eigenvalue weighted by Crippen LogP contribution is 2.33. The summed E-state index contributed by atoms with van der Waals surface area (Å²) in [5.74, 6) is -0.728. The molecule has 1 aliphatic rings. The topological polar surface area (TPSA) is 46.1 Å². The van der Waals surface area contributed by atoms with E-state index in [1.165, 1.54) is 41.7 Å². The number of piperidine rings is 1. The summed E-state index contributed by atoms with van der Waals surface area (Å²) in [6.07, 6.45) is 1.76. The van der Waals surface area contributed by atoms with Crippen LogP contribution in [0, 0.1) is 11.6 Å². The van der Waals surface area contributed by atoms with Gasteiger partial charge in [-0.1, -0.05) is 23.5 Å². The van der Waals surface area contributed by atoms with Gasteiger partial charge in [-0.3, -0.25) is 4.79 Å². The molecule has 27 heavy (non-hydrogen) atoms. The van der Waals surface area contributed by atoms with Crippen molar-refractivity contribution in [3.8, 4) is 10.6 Å². The largest absolute Gasteiger partial charge is 0.338 e. The molecule has 0 radical (unpaired) electrons. The van der Waals surface area contributed by atoms with Gasteiger partial charge in [0.15, 0.2) is 5.01 Å². The second-order valence-electron chi connectivity index (χ2n) is 6.52. The van der Waals surface area contributed by atoms with Crippen molar-refractivity contribution in [3.63, 3.8) is 0 Å². The van der Waals surface area contributed by atoms with Crippen LogP contribution in [-0.2, 0) is 0 Å². The summed E-state index contributed by atoms with van der Waals surface area (Å²) in [7, 11) is 0. The third kappa shape index (κ3) is 3.73. The third-order valence-electron chi connectivity index (χ3n) is 4.69. The quantitative estimate of drug-likeness (QED) is 0.667. The molecule has 0 bridgehead atoms. The van der Waals surface area contributed by atoms with E-state index in [1.807, 2.05) is 0 Å². The Bertz CT molecular complexity index is 958. The van der Waals surface area contributed by atoms with Gasteiger partial charge < -0.3 is 4.90 Å². The first-order valence-corrected chi connectivity index (χ1v) is 9.56. The zero-order valence-electron chi connectivity index (χ0n) is 14.4. The number of likely N-dealkylation sites (tertiary alicyclic amines) is 1. The number of benzene rings is 2. The molecule has 1 aliphatic heterocycles. The first-order valence-electron chi connectivity index (χ1n) is 8.75. The van der Waals surface area contributed by atoms with E-state index in [9.17, 15) is 13.6 Å². The Morgan fingerprint density at radius 2 is 1.85 bits per heavy atom. The van der Waals surface area contributed by atoms with Crippen molar-refractivity contribution < 1.29 is 13.6 Å². The lowest BCUT2D eigenvalue weighted by Crippen LogP contribution is -2.39. The van der Waals surface area contributed by atoms with E-state index in [4.69, 9.17) is 0 Å². The van der Waals surface area contributed by atoms with Gasteiger partial charge in [-0.2, -0.15) is 0 Å². The van der Waals surface area contributed by atoms with Crippen LogP contribution in [0.5, 0.6) is 0 Å². The van der Waals surface area contributed by atoms with Crippen LogP contribution in [-0.4, -0.2) is 34.1 Å². The van der Waals surface area contributed by atoms with Crippen LogP contribution >= 0.6 is 11.3 Å². The molecule has 3 aromatic rings. The van der Waals surface area contributed by atoms with Crippen molar-refractivity contribution in [1.29, 1.82) is 0 Å². The molecule has 138 valence electrons. The smallest absolute Gasteiger partial charge is 0.253 e. The summed E-state index contributed by atoms with van der Waals surface area (Å²) in [5, 5.41) is 9.75. The molecule has 0 spiro atoms. The Kier molecular flexibility index (Phi) is 4.94.